The van der Waals surface area contributed by atoms with Gasteiger partial charge in [0, 0.05) is 31.9 Å². The zero-order chi connectivity index (χ0) is 17.5. The van der Waals surface area contributed by atoms with Gasteiger partial charge in [-0.15, -0.1) is 0 Å². The second kappa shape index (κ2) is 8.48. The van der Waals surface area contributed by atoms with Crippen molar-refractivity contribution in [2.45, 2.75) is 13.1 Å². The van der Waals surface area contributed by atoms with E-state index in [2.05, 4.69) is 27.7 Å². The first-order chi connectivity index (χ1) is 12.2. The quantitative estimate of drug-likeness (QED) is 0.878. The number of halogens is 1. The van der Waals surface area contributed by atoms with E-state index >= 15 is 0 Å². The van der Waals surface area contributed by atoms with E-state index in [1.807, 2.05) is 12.1 Å². The molecule has 3 rings (SSSR count). The third-order valence-electron chi connectivity index (χ3n) is 4.13. The van der Waals surface area contributed by atoms with E-state index in [0.29, 0.717) is 13.1 Å². The molecule has 0 unspecified atom stereocenters. The normalized spacial score (nSPS) is 14.2. The van der Waals surface area contributed by atoms with Crippen molar-refractivity contribution in [1.29, 1.82) is 0 Å². The van der Waals surface area contributed by atoms with Crippen molar-refractivity contribution >= 4 is 11.7 Å². The number of ether oxygens (including phenoxy) is 1. The maximum atomic E-state index is 12.8. The highest BCUT2D eigenvalue weighted by atomic mass is 19.1. The van der Waals surface area contributed by atoms with Crippen LogP contribution in [0.15, 0.2) is 48.5 Å². The Morgan fingerprint density at radius 2 is 1.44 bits per heavy atom. The SMILES string of the molecule is O=C(NCc1ccc(F)cc1)NCc1ccc(N2CCOCC2)cc1. The van der Waals surface area contributed by atoms with Gasteiger partial charge in [-0.25, -0.2) is 9.18 Å². The summed E-state index contributed by atoms with van der Waals surface area (Å²) in [6, 6.07) is 14.0. The summed E-state index contributed by atoms with van der Waals surface area (Å²) in [6.07, 6.45) is 0. The second-order valence-corrected chi connectivity index (χ2v) is 5.93. The van der Waals surface area contributed by atoms with Crippen LogP contribution in [-0.2, 0) is 17.8 Å². The molecule has 0 bridgehead atoms. The first-order valence-corrected chi connectivity index (χ1v) is 8.38. The smallest absolute Gasteiger partial charge is 0.315 e. The Morgan fingerprint density at radius 1 is 0.920 bits per heavy atom. The van der Waals surface area contributed by atoms with Gasteiger partial charge in [0.05, 0.1) is 13.2 Å². The first kappa shape index (κ1) is 17.2. The predicted octanol–water partition coefficient (Wildman–Crippen LogP) is 2.66. The molecule has 2 aromatic carbocycles. The molecule has 0 aliphatic carbocycles. The van der Waals surface area contributed by atoms with E-state index in [-0.39, 0.29) is 11.8 Å². The number of carbonyl (C=O) groups excluding carboxylic acids is 1. The number of carbonyl (C=O) groups is 1. The molecule has 1 fully saturated rings. The average Bonchev–Trinajstić information content (AvgIpc) is 2.67. The summed E-state index contributed by atoms with van der Waals surface area (Å²) in [5.41, 5.74) is 3.06. The van der Waals surface area contributed by atoms with E-state index in [0.717, 1.165) is 37.4 Å². The lowest BCUT2D eigenvalue weighted by Crippen LogP contribution is -2.36. The van der Waals surface area contributed by atoms with Crippen LogP contribution in [0, 0.1) is 5.82 Å². The van der Waals surface area contributed by atoms with Gasteiger partial charge in [-0.2, -0.15) is 0 Å². The van der Waals surface area contributed by atoms with E-state index in [1.165, 1.54) is 17.8 Å². The summed E-state index contributed by atoms with van der Waals surface area (Å²) in [6.45, 7) is 4.16. The lowest BCUT2D eigenvalue weighted by atomic mass is 10.2. The number of anilines is 1. The summed E-state index contributed by atoms with van der Waals surface area (Å²) >= 11 is 0. The molecule has 1 heterocycles. The summed E-state index contributed by atoms with van der Waals surface area (Å²) in [5.74, 6) is -0.284. The van der Waals surface area contributed by atoms with Crippen LogP contribution in [0.5, 0.6) is 0 Å². The van der Waals surface area contributed by atoms with Crippen LogP contribution in [-0.4, -0.2) is 32.3 Å². The number of nitrogens with zero attached hydrogens (tertiary/aromatic N) is 1. The molecule has 132 valence electrons. The third kappa shape index (κ3) is 5.19. The summed E-state index contributed by atoms with van der Waals surface area (Å²) in [4.78, 5) is 14.1. The lowest BCUT2D eigenvalue weighted by molar-refractivity contribution is 0.122. The number of hydrogen-bond acceptors (Lipinski definition) is 3. The zero-order valence-corrected chi connectivity index (χ0v) is 14.0. The van der Waals surface area contributed by atoms with Crippen molar-refractivity contribution in [3.8, 4) is 0 Å². The summed E-state index contributed by atoms with van der Waals surface area (Å²) in [7, 11) is 0. The number of rotatable bonds is 5. The molecular weight excluding hydrogens is 321 g/mol. The Balaban J connectivity index is 1.43. The van der Waals surface area contributed by atoms with Gasteiger partial charge in [0.2, 0.25) is 0 Å². The van der Waals surface area contributed by atoms with E-state index in [1.54, 1.807) is 12.1 Å². The summed E-state index contributed by atoms with van der Waals surface area (Å²) < 4.78 is 18.2. The monoisotopic (exact) mass is 343 g/mol. The Labute approximate surface area is 146 Å². The van der Waals surface area contributed by atoms with Crippen LogP contribution in [0.2, 0.25) is 0 Å². The number of urea groups is 1. The molecule has 0 spiro atoms. The molecule has 1 saturated heterocycles. The highest BCUT2D eigenvalue weighted by Gasteiger charge is 2.10. The standard InChI is InChI=1S/C19H22FN3O2/c20-17-5-1-15(2-6-17)13-21-19(24)22-14-16-3-7-18(8-4-16)23-9-11-25-12-10-23/h1-8H,9-14H2,(H2,21,22,24). The van der Waals surface area contributed by atoms with Gasteiger partial charge >= 0.3 is 6.03 Å². The van der Waals surface area contributed by atoms with Crippen LogP contribution < -0.4 is 15.5 Å². The van der Waals surface area contributed by atoms with Crippen molar-refractivity contribution in [2.24, 2.45) is 0 Å². The molecule has 25 heavy (non-hydrogen) atoms. The number of nitrogens with one attached hydrogen (secondary N) is 2. The molecule has 0 aromatic heterocycles. The van der Waals surface area contributed by atoms with Crippen LogP contribution in [0.1, 0.15) is 11.1 Å². The molecule has 0 atom stereocenters. The second-order valence-electron chi connectivity index (χ2n) is 5.93. The van der Waals surface area contributed by atoms with Crippen LogP contribution in [0.25, 0.3) is 0 Å². The molecule has 1 aliphatic rings. The van der Waals surface area contributed by atoms with E-state index < -0.39 is 0 Å². The van der Waals surface area contributed by atoms with Crippen molar-refractivity contribution in [1.82, 2.24) is 10.6 Å². The number of morpholine rings is 1. The largest absolute Gasteiger partial charge is 0.378 e. The summed E-state index contributed by atoms with van der Waals surface area (Å²) in [5, 5.41) is 5.58. The van der Waals surface area contributed by atoms with Crippen LogP contribution in [0.4, 0.5) is 14.9 Å². The van der Waals surface area contributed by atoms with Crippen molar-refractivity contribution in [3.63, 3.8) is 0 Å². The maximum Gasteiger partial charge on any atom is 0.315 e. The highest BCUT2D eigenvalue weighted by molar-refractivity contribution is 5.73. The van der Waals surface area contributed by atoms with Crippen molar-refractivity contribution in [2.75, 3.05) is 31.2 Å². The highest BCUT2D eigenvalue weighted by Crippen LogP contribution is 2.16. The molecule has 2 N–H and O–H groups in total. The molecular formula is C19H22FN3O2. The minimum atomic E-state index is -0.284. The topological polar surface area (TPSA) is 53.6 Å². The van der Waals surface area contributed by atoms with Crippen LogP contribution in [0.3, 0.4) is 0 Å². The average molecular weight is 343 g/mol. The Hall–Kier alpha value is -2.60. The van der Waals surface area contributed by atoms with Gasteiger partial charge in [-0.3, -0.25) is 0 Å². The molecule has 0 saturated carbocycles. The van der Waals surface area contributed by atoms with Gasteiger partial charge in [-0.1, -0.05) is 24.3 Å². The number of benzene rings is 2. The maximum absolute atomic E-state index is 12.8. The Morgan fingerprint density at radius 3 is 2.00 bits per heavy atom. The Kier molecular flexibility index (Phi) is 5.85. The number of hydrogen-bond donors (Lipinski definition) is 2. The van der Waals surface area contributed by atoms with Gasteiger partial charge in [0.25, 0.3) is 0 Å². The fourth-order valence-electron chi connectivity index (χ4n) is 2.68. The minimum Gasteiger partial charge on any atom is -0.378 e. The minimum absolute atomic E-state index is 0.249. The van der Waals surface area contributed by atoms with Crippen molar-refractivity contribution in [3.05, 3.63) is 65.5 Å². The third-order valence-corrected chi connectivity index (χ3v) is 4.13. The van der Waals surface area contributed by atoms with Gasteiger partial charge < -0.3 is 20.3 Å². The zero-order valence-electron chi connectivity index (χ0n) is 14.0. The van der Waals surface area contributed by atoms with Crippen molar-refractivity contribution < 1.29 is 13.9 Å². The fourth-order valence-corrected chi connectivity index (χ4v) is 2.68. The first-order valence-electron chi connectivity index (χ1n) is 8.38. The van der Waals surface area contributed by atoms with E-state index in [4.69, 9.17) is 4.74 Å². The molecule has 2 aromatic rings. The van der Waals surface area contributed by atoms with Gasteiger partial charge in [0.1, 0.15) is 5.82 Å². The van der Waals surface area contributed by atoms with E-state index in [9.17, 15) is 9.18 Å². The predicted molar refractivity (Wildman–Crippen MR) is 94.9 cm³/mol. The fraction of sp³-hybridized carbons (Fsp3) is 0.316. The lowest BCUT2D eigenvalue weighted by Gasteiger charge is -2.28. The number of amides is 2. The molecule has 5 nitrogen and oxygen atoms in total. The van der Waals surface area contributed by atoms with Gasteiger partial charge in [0.15, 0.2) is 0 Å². The molecule has 2 amide bonds. The Bertz CT molecular complexity index is 683. The molecule has 1 aliphatic heterocycles. The molecule has 6 heteroatoms. The van der Waals surface area contributed by atoms with Crippen LogP contribution >= 0.6 is 0 Å². The molecule has 0 radical (unpaired) electrons. The van der Waals surface area contributed by atoms with Gasteiger partial charge in [-0.05, 0) is 35.4 Å².